The molecule has 0 bridgehead atoms. The van der Waals surface area contributed by atoms with Gasteiger partial charge in [-0.2, -0.15) is 0 Å². The van der Waals surface area contributed by atoms with Gasteiger partial charge in [0.25, 0.3) is 0 Å². The van der Waals surface area contributed by atoms with E-state index in [-0.39, 0.29) is 12.4 Å². The molecule has 2 rings (SSSR count). The molecule has 1 heterocycles. The first kappa shape index (κ1) is 12.2. The van der Waals surface area contributed by atoms with Crippen LogP contribution in [0.15, 0.2) is 24.3 Å². The summed E-state index contributed by atoms with van der Waals surface area (Å²) in [6, 6.07) is 6.32. The molecule has 5 heteroatoms. The summed E-state index contributed by atoms with van der Waals surface area (Å²) < 4.78 is 10.9. The zero-order chi connectivity index (χ0) is 12.3. The summed E-state index contributed by atoms with van der Waals surface area (Å²) >= 11 is 0. The molecule has 0 aliphatic carbocycles. The normalized spacial score (nSPS) is 28.9. The summed E-state index contributed by atoms with van der Waals surface area (Å²) in [7, 11) is 0. The second kappa shape index (κ2) is 5.35. The van der Waals surface area contributed by atoms with Gasteiger partial charge in [-0.3, -0.25) is 0 Å². The van der Waals surface area contributed by atoms with E-state index in [1.54, 1.807) is 12.1 Å². The van der Waals surface area contributed by atoms with Crippen molar-refractivity contribution in [1.82, 2.24) is 0 Å². The summed E-state index contributed by atoms with van der Waals surface area (Å²) in [6.07, 6.45) is -0.599. The lowest BCUT2D eigenvalue weighted by Gasteiger charge is -2.32. The lowest BCUT2D eigenvalue weighted by atomic mass is 10.1. The van der Waals surface area contributed by atoms with Crippen molar-refractivity contribution in [1.29, 1.82) is 0 Å². The van der Waals surface area contributed by atoms with E-state index in [2.05, 4.69) is 0 Å². The highest BCUT2D eigenvalue weighted by molar-refractivity contribution is 5.30. The molecule has 0 spiro atoms. The van der Waals surface area contributed by atoms with Crippen LogP contribution in [0.1, 0.15) is 12.8 Å². The Kier molecular flexibility index (Phi) is 3.83. The summed E-state index contributed by atoms with van der Waals surface area (Å²) in [6.45, 7) is -0.226. The van der Waals surface area contributed by atoms with Crippen LogP contribution < -0.4 is 4.74 Å². The van der Waals surface area contributed by atoms with E-state index < -0.39 is 18.5 Å². The lowest BCUT2D eigenvalue weighted by molar-refractivity contribution is -0.196. The summed E-state index contributed by atoms with van der Waals surface area (Å²) in [4.78, 5) is 0. The predicted molar refractivity (Wildman–Crippen MR) is 59.7 cm³/mol. The number of ether oxygens (including phenoxy) is 2. The number of hydrogen-bond acceptors (Lipinski definition) is 5. The molecule has 3 N–H and O–H groups in total. The maximum atomic E-state index is 9.52. The van der Waals surface area contributed by atoms with Gasteiger partial charge in [0.2, 0.25) is 0 Å². The van der Waals surface area contributed by atoms with E-state index in [0.29, 0.717) is 18.6 Å². The van der Waals surface area contributed by atoms with Gasteiger partial charge in [-0.25, -0.2) is 0 Å². The quantitative estimate of drug-likeness (QED) is 0.722. The van der Waals surface area contributed by atoms with Crippen LogP contribution in [0.4, 0.5) is 0 Å². The van der Waals surface area contributed by atoms with Gasteiger partial charge in [0.05, 0.1) is 12.7 Å². The topological polar surface area (TPSA) is 79.2 Å². The first-order valence-corrected chi connectivity index (χ1v) is 5.59. The molecule has 1 aromatic carbocycles. The third-order valence-corrected chi connectivity index (χ3v) is 2.74. The highest BCUT2D eigenvalue weighted by Gasteiger charge is 2.30. The molecule has 0 amide bonds. The fraction of sp³-hybridized carbons (Fsp3) is 0.500. The van der Waals surface area contributed by atoms with Gasteiger partial charge < -0.3 is 24.8 Å². The molecule has 1 saturated heterocycles. The van der Waals surface area contributed by atoms with Crippen LogP contribution in [0.25, 0.3) is 0 Å². The molecule has 5 nitrogen and oxygen atoms in total. The largest absolute Gasteiger partial charge is 0.508 e. The molecular formula is C12H16O5. The average Bonchev–Trinajstić information content (AvgIpc) is 2.34. The van der Waals surface area contributed by atoms with E-state index in [1.807, 2.05) is 0 Å². The van der Waals surface area contributed by atoms with Crippen molar-refractivity contribution in [3.63, 3.8) is 0 Å². The number of benzene rings is 1. The Morgan fingerprint density at radius 3 is 2.59 bits per heavy atom. The van der Waals surface area contributed by atoms with E-state index in [0.717, 1.165) is 0 Å². The van der Waals surface area contributed by atoms with E-state index in [1.165, 1.54) is 12.1 Å². The highest BCUT2D eigenvalue weighted by atomic mass is 16.7. The van der Waals surface area contributed by atoms with Crippen LogP contribution in [0.3, 0.4) is 0 Å². The lowest BCUT2D eigenvalue weighted by Crippen LogP contribution is -2.43. The molecule has 1 fully saturated rings. The van der Waals surface area contributed by atoms with Gasteiger partial charge in [-0.15, -0.1) is 0 Å². The average molecular weight is 240 g/mol. The highest BCUT2D eigenvalue weighted by Crippen LogP contribution is 2.24. The van der Waals surface area contributed by atoms with Gasteiger partial charge in [0, 0.05) is 6.42 Å². The second-order valence-corrected chi connectivity index (χ2v) is 4.04. The first-order valence-electron chi connectivity index (χ1n) is 5.59. The number of aliphatic hydroxyl groups excluding tert-OH is 2. The minimum absolute atomic E-state index is 0.172. The van der Waals surface area contributed by atoms with E-state index in [9.17, 15) is 5.11 Å². The Bertz CT molecular complexity index is 350. The van der Waals surface area contributed by atoms with Gasteiger partial charge in [-0.1, -0.05) is 0 Å². The Morgan fingerprint density at radius 2 is 1.94 bits per heavy atom. The number of phenolic OH excluding ortho intramolecular Hbond substituents is 1. The van der Waals surface area contributed by atoms with E-state index >= 15 is 0 Å². The minimum Gasteiger partial charge on any atom is -0.508 e. The SMILES string of the molecule is OC[C@@H]1O[C@H](Oc2ccc(O)cc2)CC[C@@H]1O. The monoisotopic (exact) mass is 240 g/mol. The Labute approximate surface area is 99.2 Å². The number of hydrogen-bond donors (Lipinski definition) is 3. The molecule has 0 aromatic heterocycles. The first-order chi connectivity index (χ1) is 8.19. The van der Waals surface area contributed by atoms with Crippen LogP contribution in [-0.4, -0.2) is 40.4 Å². The standard InChI is InChI=1S/C12H16O5/c13-7-11-10(15)5-6-12(17-11)16-9-3-1-8(14)2-4-9/h1-4,10-15H,5-7H2/t10-,11-,12-/m0/s1. The molecule has 0 radical (unpaired) electrons. The molecule has 94 valence electrons. The fourth-order valence-corrected chi connectivity index (χ4v) is 1.77. The van der Waals surface area contributed by atoms with Gasteiger partial charge in [-0.05, 0) is 30.7 Å². The molecule has 0 saturated carbocycles. The van der Waals surface area contributed by atoms with Gasteiger partial charge in [0.1, 0.15) is 17.6 Å². The Balaban J connectivity index is 1.93. The zero-order valence-electron chi connectivity index (χ0n) is 9.32. The zero-order valence-corrected chi connectivity index (χ0v) is 9.32. The van der Waals surface area contributed by atoms with Crippen molar-refractivity contribution in [2.45, 2.75) is 31.3 Å². The maximum absolute atomic E-state index is 9.52. The number of aliphatic hydroxyl groups is 2. The molecule has 17 heavy (non-hydrogen) atoms. The fourth-order valence-electron chi connectivity index (χ4n) is 1.77. The molecule has 3 atom stereocenters. The van der Waals surface area contributed by atoms with Crippen LogP contribution in [0.5, 0.6) is 11.5 Å². The molecule has 1 aromatic rings. The van der Waals surface area contributed by atoms with Crippen molar-refractivity contribution in [3.05, 3.63) is 24.3 Å². The maximum Gasteiger partial charge on any atom is 0.200 e. The van der Waals surface area contributed by atoms with Crippen molar-refractivity contribution >= 4 is 0 Å². The molecular weight excluding hydrogens is 224 g/mol. The summed E-state index contributed by atoms with van der Waals surface area (Å²) in [5.74, 6) is 0.756. The van der Waals surface area contributed by atoms with Crippen molar-refractivity contribution in [2.75, 3.05) is 6.61 Å². The third kappa shape index (κ3) is 3.09. The number of aromatic hydroxyl groups is 1. The number of phenols is 1. The number of rotatable bonds is 3. The second-order valence-electron chi connectivity index (χ2n) is 4.04. The predicted octanol–water partition coefficient (Wildman–Crippen LogP) is 0.629. The molecule has 0 unspecified atom stereocenters. The third-order valence-electron chi connectivity index (χ3n) is 2.74. The van der Waals surface area contributed by atoms with Crippen LogP contribution in [0, 0.1) is 0 Å². The smallest absolute Gasteiger partial charge is 0.200 e. The van der Waals surface area contributed by atoms with Crippen molar-refractivity contribution in [2.24, 2.45) is 0 Å². The van der Waals surface area contributed by atoms with Crippen molar-refractivity contribution in [3.8, 4) is 11.5 Å². The Morgan fingerprint density at radius 1 is 1.24 bits per heavy atom. The summed E-state index contributed by atoms with van der Waals surface area (Å²) in [5.41, 5.74) is 0. The van der Waals surface area contributed by atoms with Crippen LogP contribution in [-0.2, 0) is 4.74 Å². The Hall–Kier alpha value is -1.30. The van der Waals surface area contributed by atoms with Crippen LogP contribution in [0.2, 0.25) is 0 Å². The summed E-state index contributed by atoms with van der Waals surface area (Å²) in [5, 5.41) is 27.6. The van der Waals surface area contributed by atoms with Crippen LogP contribution >= 0.6 is 0 Å². The van der Waals surface area contributed by atoms with Gasteiger partial charge in [0.15, 0.2) is 6.29 Å². The van der Waals surface area contributed by atoms with E-state index in [4.69, 9.17) is 19.7 Å². The van der Waals surface area contributed by atoms with Gasteiger partial charge >= 0.3 is 0 Å². The molecule has 1 aliphatic rings. The van der Waals surface area contributed by atoms with Crippen molar-refractivity contribution < 1.29 is 24.8 Å². The minimum atomic E-state index is -0.639. The molecule has 1 aliphatic heterocycles.